The van der Waals surface area contributed by atoms with Crippen LogP contribution in [0.4, 0.5) is 0 Å². The second kappa shape index (κ2) is 5.32. The van der Waals surface area contributed by atoms with Gasteiger partial charge < -0.3 is 13.6 Å². The van der Waals surface area contributed by atoms with E-state index in [0.717, 1.165) is 33.3 Å². The van der Waals surface area contributed by atoms with Crippen LogP contribution in [-0.2, 0) is 4.79 Å². The summed E-state index contributed by atoms with van der Waals surface area (Å²) < 4.78 is 17.0. The molecular formula is C19H14O4. The first-order chi connectivity index (χ1) is 11.2. The van der Waals surface area contributed by atoms with Gasteiger partial charge in [0.1, 0.15) is 35.5 Å². The maximum atomic E-state index is 11.1. The molecule has 4 aromatic rings. The molecule has 0 N–H and O–H groups in total. The summed E-state index contributed by atoms with van der Waals surface area (Å²) in [4.78, 5) is 11.1. The van der Waals surface area contributed by atoms with E-state index in [9.17, 15) is 4.79 Å². The Kier molecular flexibility index (Phi) is 3.15. The van der Waals surface area contributed by atoms with E-state index in [0.29, 0.717) is 5.75 Å². The normalized spacial score (nSPS) is 11.2. The van der Waals surface area contributed by atoms with Crippen LogP contribution in [0, 0.1) is 0 Å². The molecule has 2 heterocycles. The second-order valence-corrected chi connectivity index (χ2v) is 5.45. The molecule has 4 heteroatoms. The van der Waals surface area contributed by atoms with Gasteiger partial charge in [0.15, 0.2) is 5.78 Å². The Morgan fingerprint density at radius 3 is 2.78 bits per heavy atom. The largest absolute Gasteiger partial charge is 0.486 e. The number of fused-ring (bicyclic) bond motifs is 2. The minimum Gasteiger partial charge on any atom is -0.486 e. The Hall–Kier alpha value is -3.01. The van der Waals surface area contributed by atoms with Crippen molar-refractivity contribution in [1.29, 1.82) is 0 Å². The van der Waals surface area contributed by atoms with Gasteiger partial charge in [-0.15, -0.1) is 0 Å². The molecule has 2 aromatic heterocycles. The van der Waals surface area contributed by atoms with E-state index in [4.69, 9.17) is 13.6 Å². The number of ether oxygens (including phenoxy) is 1. The van der Waals surface area contributed by atoms with E-state index in [-0.39, 0.29) is 12.4 Å². The fourth-order valence-electron chi connectivity index (χ4n) is 2.59. The number of carbonyl (C=O) groups is 1. The molecule has 0 aliphatic rings. The van der Waals surface area contributed by atoms with Gasteiger partial charge in [-0.1, -0.05) is 18.2 Å². The van der Waals surface area contributed by atoms with E-state index in [2.05, 4.69) is 0 Å². The lowest BCUT2D eigenvalue weighted by atomic mass is 10.1. The van der Waals surface area contributed by atoms with Gasteiger partial charge in [0.25, 0.3) is 0 Å². The SMILES string of the molecule is CC(=O)COc1ccc2occ(-c3cc4ccccc4o3)c2c1. The molecule has 0 unspecified atom stereocenters. The fourth-order valence-corrected chi connectivity index (χ4v) is 2.59. The Balaban J connectivity index is 1.79. The zero-order valence-corrected chi connectivity index (χ0v) is 12.5. The molecule has 114 valence electrons. The van der Waals surface area contributed by atoms with Gasteiger partial charge in [-0.25, -0.2) is 0 Å². The predicted octanol–water partition coefficient (Wildman–Crippen LogP) is 4.81. The highest BCUT2D eigenvalue weighted by Crippen LogP contribution is 2.35. The molecule has 0 radical (unpaired) electrons. The summed E-state index contributed by atoms with van der Waals surface area (Å²) in [7, 11) is 0. The van der Waals surface area contributed by atoms with Crippen molar-refractivity contribution in [2.24, 2.45) is 0 Å². The van der Waals surface area contributed by atoms with Gasteiger partial charge in [0.05, 0.1) is 5.56 Å². The predicted molar refractivity (Wildman–Crippen MR) is 87.6 cm³/mol. The standard InChI is InChI=1S/C19H14O4/c1-12(20)10-21-14-6-7-18-15(9-14)16(11-22-18)19-8-13-4-2-3-5-17(13)23-19/h2-9,11H,10H2,1H3. The first kappa shape index (κ1) is 13.6. The van der Waals surface area contributed by atoms with Crippen molar-refractivity contribution in [1.82, 2.24) is 0 Å². The molecule has 0 aliphatic carbocycles. The van der Waals surface area contributed by atoms with Crippen molar-refractivity contribution in [3.8, 4) is 17.1 Å². The van der Waals surface area contributed by atoms with E-state index in [1.807, 2.05) is 42.5 Å². The summed E-state index contributed by atoms with van der Waals surface area (Å²) in [5.74, 6) is 1.36. The van der Waals surface area contributed by atoms with Gasteiger partial charge in [-0.2, -0.15) is 0 Å². The molecule has 0 saturated carbocycles. The van der Waals surface area contributed by atoms with Gasteiger partial charge in [-0.3, -0.25) is 4.79 Å². The molecular weight excluding hydrogens is 292 g/mol. The Labute approximate surface area is 132 Å². The third kappa shape index (κ3) is 2.48. The van der Waals surface area contributed by atoms with Crippen LogP contribution in [0.2, 0.25) is 0 Å². The Morgan fingerprint density at radius 2 is 1.96 bits per heavy atom. The molecule has 0 spiro atoms. The lowest BCUT2D eigenvalue weighted by Gasteiger charge is -2.03. The number of hydrogen-bond donors (Lipinski definition) is 0. The molecule has 23 heavy (non-hydrogen) atoms. The van der Waals surface area contributed by atoms with Crippen molar-refractivity contribution in [3.63, 3.8) is 0 Å². The van der Waals surface area contributed by atoms with E-state index < -0.39 is 0 Å². The summed E-state index contributed by atoms with van der Waals surface area (Å²) in [5, 5.41) is 1.94. The molecule has 0 bridgehead atoms. The average Bonchev–Trinajstić information content (AvgIpc) is 3.15. The minimum absolute atomic E-state index is 0.0187. The van der Waals surface area contributed by atoms with Crippen LogP contribution in [0.25, 0.3) is 33.3 Å². The van der Waals surface area contributed by atoms with Crippen molar-refractivity contribution in [2.75, 3.05) is 6.61 Å². The van der Waals surface area contributed by atoms with Gasteiger partial charge in [0.2, 0.25) is 0 Å². The van der Waals surface area contributed by atoms with Crippen molar-refractivity contribution >= 4 is 27.7 Å². The summed E-state index contributed by atoms with van der Waals surface area (Å²) in [5.41, 5.74) is 2.45. The molecule has 0 saturated heterocycles. The topological polar surface area (TPSA) is 52.6 Å². The smallest absolute Gasteiger partial charge is 0.167 e. The summed E-state index contributed by atoms with van der Waals surface area (Å²) in [6, 6.07) is 15.3. The molecule has 4 nitrogen and oxygen atoms in total. The Bertz CT molecular complexity index is 973. The number of benzene rings is 2. The van der Waals surface area contributed by atoms with Crippen LogP contribution in [-0.4, -0.2) is 12.4 Å². The van der Waals surface area contributed by atoms with Crippen LogP contribution in [0.3, 0.4) is 0 Å². The third-order valence-corrected chi connectivity index (χ3v) is 3.68. The third-order valence-electron chi connectivity index (χ3n) is 3.68. The zero-order chi connectivity index (χ0) is 15.8. The Morgan fingerprint density at radius 1 is 1.09 bits per heavy atom. The van der Waals surface area contributed by atoms with Crippen molar-refractivity contribution in [3.05, 3.63) is 54.8 Å². The van der Waals surface area contributed by atoms with Gasteiger partial charge in [-0.05, 0) is 37.3 Å². The second-order valence-electron chi connectivity index (χ2n) is 5.45. The van der Waals surface area contributed by atoms with Gasteiger partial charge >= 0.3 is 0 Å². The highest BCUT2D eigenvalue weighted by Gasteiger charge is 2.13. The number of furan rings is 2. The number of carbonyl (C=O) groups excluding carboxylic acids is 1. The molecule has 4 rings (SSSR count). The van der Waals surface area contributed by atoms with Crippen LogP contribution < -0.4 is 4.74 Å². The molecule has 0 amide bonds. The molecule has 2 aromatic carbocycles. The zero-order valence-electron chi connectivity index (χ0n) is 12.5. The summed E-state index contributed by atoms with van der Waals surface area (Å²) in [6.45, 7) is 1.56. The maximum Gasteiger partial charge on any atom is 0.167 e. The highest BCUT2D eigenvalue weighted by molar-refractivity contribution is 5.96. The summed E-state index contributed by atoms with van der Waals surface area (Å²) in [6.07, 6.45) is 1.68. The number of hydrogen-bond acceptors (Lipinski definition) is 4. The first-order valence-electron chi connectivity index (χ1n) is 7.33. The van der Waals surface area contributed by atoms with Crippen LogP contribution in [0.5, 0.6) is 5.75 Å². The highest BCUT2D eigenvalue weighted by atomic mass is 16.5. The van der Waals surface area contributed by atoms with Crippen LogP contribution in [0.1, 0.15) is 6.92 Å². The summed E-state index contributed by atoms with van der Waals surface area (Å²) >= 11 is 0. The van der Waals surface area contributed by atoms with Crippen LogP contribution in [0.15, 0.2) is 63.6 Å². The molecule has 0 atom stereocenters. The van der Waals surface area contributed by atoms with E-state index in [1.165, 1.54) is 6.92 Å². The minimum atomic E-state index is -0.0187. The van der Waals surface area contributed by atoms with Gasteiger partial charge in [0, 0.05) is 10.8 Å². The monoisotopic (exact) mass is 306 g/mol. The van der Waals surface area contributed by atoms with Crippen LogP contribution >= 0.6 is 0 Å². The maximum absolute atomic E-state index is 11.1. The van der Waals surface area contributed by atoms with Crippen molar-refractivity contribution < 1.29 is 18.4 Å². The van der Waals surface area contributed by atoms with E-state index >= 15 is 0 Å². The quantitative estimate of drug-likeness (QED) is 0.542. The number of ketones is 1. The fraction of sp³-hybridized carbons (Fsp3) is 0.105. The lowest BCUT2D eigenvalue weighted by molar-refractivity contribution is -0.118. The number of para-hydroxylation sites is 1. The average molecular weight is 306 g/mol. The van der Waals surface area contributed by atoms with Crippen molar-refractivity contribution in [2.45, 2.75) is 6.92 Å². The molecule has 0 aliphatic heterocycles. The first-order valence-corrected chi connectivity index (χ1v) is 7.33. The number of rotatable bonds is 4. The van der Waals surface area contributed by atoms with E-state index in [1.54, 1.807) is 12.3 Å². The lowest BCUT2D eigenvalue weighted by Crippen LogP contribution is -2.06. The molecule has 0 fully saturated rings. The number of Topliss-reactive ketones (excluding diaryl/α,β-unsaturated/α-hetero) is 1.